The summed E-state index contributed by atoms with van der Waals surface area (Å²) >= 11 is 1.41. The Labute approximate surface area is 97.0 Å². The fraction of sp³-hybridized carbons (Fsp3) is 0.182. The smallest absolute Gasteiger partial charge is 0.315 e. The van der Waals surface area contributed by atoms with Crippen LogP contribution in [0.3, 0.4) is 0 Å². The minimum absolute atomic E-state index is 0.245. The van der Waals surface area contributed by atoms with Crippen LogP contribution in [0.5, 0.6) is 0 Å². The number of hydrogen-bond donors (Lipinski definition) is 0. The van der Waals surface area contributed by atoms with Crippen LogP contribution in [0.1, 0.15) is 0 Å². The van der Waals surface area contributed by atoms with E-state index in [1.807, 2.05) is 24.3 Å². The fourth-order valence-electron chi connectivity index (χ4n) is 1.29. The third-order valence-corrected chi connectivity index (χ3v) is 3.10. The SMILES string of the molecule is COC(=O)CSc1cnnc2ccccc12. The summed E-state index contributed by atoms with van der Waals surface area (Å²) in [7, 11) is 1.38. The van der Waals surface area contributed by atoms with Gasteiger partial charge >= 0.3 is 5.97 Å². The van der Waals surface area contributed by atoms with Crippen molar-refractivity contribution in [1.82, 2.24) is 10.2 Å². The maximum atomic E-state index is 11.0. The molecule has 0 unspecified atom stereocenters. The molecule has 0 saturated heterocycles. The molecule has 0 saturated carbocycles. The van der Waals surface area contributed by atoms with E-state index in [0.717, 1.165) is 15.8 Å². The number of thioether (sulfide) groups is 1. The van der Waals surface area contributed by atoms with Gasteiger partial charge in [-0.05, 0) is 6.07 Å². The molecule has 16 heavy (non-hydrogen) atoms. The van der Waals surface area contributed by atoms with Gasteiger partial charge in [0.1, 0.15) is 0 Å². The summed E-state index contributed by atoms with van der Waals surface area (Å²) in [5, 5.41) is 8.91. The molecule has 4 nitrogen and oxygen atoms in total. The Balaban J connectivity index is 2.27. The first-order chi connectivity index (χ1) is 7.81. The molecule has 0 amide bonds. The molecule has 0 aliphatic rings. The Morgan fingerprint density at radius 3 is 3.06 bits per heavy atom. The van der Waals surface area contributed by atoms with Crippen LogP contribution in [0.25, 0.3) is 10.9 Å². The summed E-state index contributed by atoms with van der Waals surface area (Å²) in [4.78, 5) is 12.0. The van der Waals surface area contributed by atoms with E-state index in [0.29, 0.717) is 0 Å². The van der Waals surface area contributed by atoms with E-state index in [1.165, 1.54) is 18.9 Å². The van der Waals surface area contributed by atoms with E-state index < -0.39 is 0 Å². The van der Waals surface area contributed by atoms with Crippen LogP contribution in [0.2, 0.25) is 0 Å². The molecule has 1 heterocycles. The van der Waals surface area contributed by atoms with Gasteiger partial charge in [-0.3, -0.25) is 4.79 Å². The predicted molar refractivity (Wildman–Crippen MR) is 62.3 cm³/mol. The van der Waals surface area contributed by atoms with Gasteiger partial charge in [0.2, 0.25) is 0 Å². The first-order valence-electron chi connectivity index (χ1n) is 4.71. The monoisotopic (exact) mass is 234 g/mol. The number of fused-ring (bicyclic) bond motifs is 1. The van der Waals surface area contributed by atoms with Crippen LogP contribution in [-0.2, 0) is 9.53 Å². The quantitative estimate of drug-likeness (QED) is 0.599. The zero-order valence-corrected chi connectivity index (χ0v) is 9.53. The molecule has 1 aromatic heterocycles. The molecule has 0 bridgehead atoms. The molecule has 2 aromatic rings. The summed E-state index contributed by atoms with van der Waals surface area (Å²) < 4.78 is 4.59. The van der Waals surface area contributed by atoms with Crippen molar-refractivity contribution >= 4 is 28.6 Å². The Morgan fingerprint density at radius 1 is 1.44 bits per heavy atom. The lowest BCUT2D eigenvalue weighted by molar-refractivity contribution is -0.137. The number of benzene rings is 1. The Bertz CT molecular complexity index is 511. The lowest BCUT2D eigenvalue weighted by Gasteiger charge is -2.03. The van der Waals surface area contributed by atoms with Crippen molar-refractivity contribution in [2.75, 3.05) is 12.9 Å². The summed E-state index contributed by atoms with van der Waals surface area (Å²) in [6.07, 6.45) is 1.66. The van der Waals surface area contributed by atoms with Crippen molar-refractivity contribution in [3.05, 3.63) is 30.5 Å². The Morgan fingerprint density at radius 2 is 2.25 bits per heavy atom. The van der Waals surface area contributed by atoms with E-state index in [2.05, 4.69) is 14.9 Å². The summed E-state index contributed by atoms with van der Waals surface area (Å²) in [6, 6.07) is 7.70. The van der Waals surface area contributed by atoms with Crippen molar-refractivity contribution in [2.24, 2.45) is 0 Å². The molecule has 82 valence electrons. The number of carbonyl (C=O) groups excluding carboxylic acids is 1. The number of nitrogens with zero attached hydrogens (tertiary/aromatic N) is 2. The second kappa shape index (κ2) is 4.94. The van der Waals surface area contributed by atoms with Crippen LogP contribution in [0.4, 0.5) is 0 Å². The van der Waals surface area contributed by atoms with Crippen molar-refractivity contribution in [3.8, 4) is 0 Å². The number of hydrogen-bond acceptors (Lipinski definition) is 5. The third-order valence-electron chi connectivity index (χ3n) is 2.08. The number of methoxy groups -OCH3 is 1. The highest BCUT2D eigenvalue weighted by atomic mass is 32.2. The molecule has 0 spiro atoms. The van der Waals surface area contributed by atoms with Crippen LogP contribution >= 0.6 is 11.8 Å². The van der Waals surface area contributed by atoms with E-state index >= 15 is 0 Å². The van der Waals surface area contributed by atoms with Gasteiger partial charge in [0.15, 0.2) is 0 Å². The average molecular weight is 234 g/mol. The third kappa shape index (κ3) is 2.30. The standard InChI is InChI=1S/C11H10N2O2S/c1-15-11(14)7-16-10-6-12-13-9-5-3-2-4-8(9)10/h2-6H,7H2,1H3. The number of ether oxygens (including phenoxy) is 1. The normalized spacial score (nSPS) is 10.3. The van der Waals surface area contributed by atoms with E-state index in [-0.39, 0.29) is 11.7 Å². The highest BCUT2D eigenvalue weighted by Gasteiger charge is 2.06. The number of esters is 1. The first kappa shape index (κ1) is 10.9. The lowest BCUT2D eigenvalue weighted by Crippen LogP contribution is -2.03. The zero-order chi connectivity index (χ0) is 11.4. The van der Waals surface area contributed by atoms with Gasteiger partial charge in [-0.2, -0.15) is 10.2 Å². The fourth-order valence-corrected chi connectivity index (χ4v) is 2.13. The first-order valence-corrected chi connectivity index (χ1v) is 5.70. The molecule has 0 fully saturated rings. The molecular formula is C11H10N2O2S. The van der Waals surface area contributed by atoms with Crippen molar-refractivity contribution < 1.29 is 9.53 Å². The van der Waals surface area contributed by atoms with Crippen molar-refractivity contribution in [2.45, 2.75) is 4.90 Å². The van der Waals surface area contributed by atoms with Gasteiger partial charge < -0.3 is 4.74 Å². The molecule has 0 aliphatic heterocycles. The topological polar surface area (TPSA) is 52.1 Å². The molecule has 0 radical (unpaired) electrons. The molecule has 0 atom stereocenters. The van der Waals surface area contributed by atoms with Crippen molar-refractivity contribution in [3.63, 3.8) is 0 Å². The Kier molecular flexibility index (Phi) is 3.36. The van der Waals surface area contributed by atoms with E-state index in [1.54, 1.807) is 6.20 Å². The number of rotatable bonds is 3. The molecule has 1 aromatic carbocycles. The van der Waals surface area contributed by atoms with Gasteiger partial charge in [-0.1, -0.05) is 18.2 Å². The Hall–Kier alpha value is -1.62. The number of carbonyl (C=O) groups is 1. The lowest BCUT2D eigenvalue weighted by atomic mass is 10.2. The highest BCUT2D eigenvalue weighted by molar-refractivity contribution is 8.00. The average Bonchev–Trinajstić information content (AvgIpc) is 2.35. The van der Waals surface area contributed by atoms with Crippen molar-refractivity contribution in [1.29, 1.82) is 0 Å². The minimum Gasteiger partial charge on any atom is -0.468 e. The van der Waals surface area contributed by atoms with Crippen LogP contribution in [-0.4, -0.2) is 29.0 Å². The van der Waals surface area contributed by atoms with Gasteiger partial charge in [0.25, 0.3) is 0 Å². The second-order valence-electron chi connectivity index (χ2n) is 3.09. The molecule has 5 heteroatoms. The van der Waals surface area contributed by atoms with Crippen LogP contribution in [0, 0.1) is 0 Å². The minimum atomic E-state index is -0.245. The summed E-state index contributed by atoms with van der Waals surface area (Å²) in [5.41, 5.74) is 0.831. The largest absolute Gasteiger partial charge is 0.468 e. The molecule has 0 aliphatic carbocycles. The maximum Gasteiger partial charge on any atom is 0.315 e. The predicted octanol–water partition coefficient (Wildman–Crippen LogP) is 1.89. The summed E-state index contributed by atoms with van der Waals surface area (Å²) in [6.45, 7) is 0. The van der Waals surface area contributed by atoms with Crippen LogP contribution < -0.4 is 0 Å². The molecule has 2 rings (SSSR count). The van der Waals surface area contributed by atoms with Gasteiger partial charge in [0.05, 0.1) is 24.6 Å². The van der Waals surface area contributed by atoms with Crippen LogP contribution in [0.15, 0.2) is 35.4 Å². The highest BCUT2D eigenvalue weighted by Crippen LogP contribution is 2.25. The summed E-state index contributed by atoms with van der Waals surface area (Å²) in [5.74, 6) is 0.0394. The van der Waals surface area contributed by atoms with Gasteiger partial charge in [-0.25, -0.2) is 0 Å². The maximum absolute atomic E-state index is 11.0. The number of aromatic nitrogens is 2. The zero-order valence-electron chi connectivity index (χ0n) is 8.71. The van der Waals surface area contributed by atoms with Gasteiger partial charge in [0, 0.05) is 10.3 Å². The second-order valence-corrected chi connectivity index (χ2v) is 4.11. The molecule has 0 N–H and O–H groups in total. The van der Waals surface area contributed by atoms with E-state index in [9.17, 15) is 4.79 Å². The molecular weight excluding hydrogens is 224 g/mol. The van der Waals surface area contributed by atoms with Gasteiger partial charge in [-0.15, -0.1) is 11.8 Å². The van der Waals surface area contributed by atoms with E-state index in [4.69, 9.17) is 0 Å².